The largest absolute Gasteiger partial charge is 1.00 e. The molecule has 2 atom stereocenters. The van der Waals surface area contributed by atoms with Gasteiger partial charge < -0.3 is 54.3 Å². The van der Waals surface area contributed by atoms with Crippen LogP contribution >= 0.6 is 53.5 Å². The van der Waals surface area contributed by atoms with Gasteiger partial charge in [0, 0.05) is 79.4 Å². The van der Waals surface area contributed by atoms with Crippen LogP contribution in [0.4, 0.5) is 0 Å². The van der Waals surface area contributed by atoms with Gasteiger partial charge in [-0.05, 0) is 159 Å². The van der Waals surface area contributed by atoms with Crippen LogP contribution in [-0.2, 0) is 37.4 Å². The van der Waals surface area contributed by atoms with Gasteiger partial charge in [-0.1, -0.05) is 58.0 Å². The van der Waals surface area contributed by atoms with E-state index in [1.54, 1.807) is 82.6 Å². The Bertz CT molecular complexity index is 3420. The molecule has 9 rings (SSSR count). The summed E-state index contributed by atoms with van der Waals surface area (Å²) in [5.41, 5.74) is 1.50. The number of hydrogen-bond acceptors (Lipinski definition) is 21. The van der Waals surface area contributed by atoms with E-state index >= 15 is 0 Å². The molecule has 484 valence electrons. The Balaban J connectivity index is 0.000000303. The van der Waals surface area contributed by atoms with Crippen LogP contribution in [0.2, 0.25) is 10.0 Å². The zero-order valence-corrected chi connectivity index (χ0v) is 58.0. The molecule has 3 aliphatic rings. The normalized spacial score (nSPS) is 14.0. The maximum Gasteiger partial charge on any atom is 1.00 e. The second-order valence-electron chi connectivity index (χ2n) is 20.1. The van der Waals surface area contributed by atoms with Crippen LogP contribution in [-0.4, -0.2) is 121 Å². The van der Waals surface area contributed by atoms with E-state index in [-0.39, 0.29) is 86.6 Å². The first-order valence-electron chi connectivity index (χ1n) is 29.4. The van der Waals surface area contributed by atoms with E-state index in [0.717, 1.165) is 47.7 Å². The first-order chi connectivity index (χ1) is 43.5. The molecule has 2 aliphatic carbocycles. The number of hydrogen-bond donors (Lipinski definition) is 2. The number of carbonyl (C=O) groups excluding carboxylic acids is 5. The summed E-state index contributed by atoms with van der Waals surface area (Å²) in [6, 6.07) is 16.4. The molecule has 0 radical (unpaired) electrons. The summed E-state index contributed by atoms with van der Waals surface area (Å²) >= 11 is 15.4. The van der Waals surface area contributed by atoms with Crippen molar-refractivity contribution in [1.29, 1.82) is 0 Å². The molecule has 21 nitrogen and oxygen atoms in total. The van der Waals surface area contributed by atoms with Crippen molar-refractivity contribution in [3.8, 4) is 33.4 Å². The summed E-state index contributed by atoms with van der Waals surface area (Å²) < 4.78 is 59.2. The Kier molecular flexibility index (Phi) is 33.6. The maximum absolute atomic E-state index is 12.7. The average molecular weight is 1360 g/mol. The minimum Gasteiger partial charge on any atom is -1.00 e. The van der Waals surface area contributed by atoms with E-state index in [1.165, 1.54) is 91.8 Å². The van der Waals surface area contributed by atoms with E-state index in [1.807, 2.05) is 50.3 Å². The summed E-state index contributed by atoms with van der Waals surface area (Å²) in [6.07, 6.45) is 24.3. The number of rotatable bonds is 29. The third kappa shape index (κ3) is 29.0. The smallest absolute Gasteiger partial charge is 1.00 e. The minimum absolute atomic E-state index is 0. The number of pyridine rings is 2. The third-order valence-electron chi connectivity index (χ3n) is 12.4. The second-order valence-corrected chi connectivity index (χ2v) is 25.0. The number of ether oxygens (including phenoxy) is 7. The molecule has 2 amide bonds. The predicted octanol–water partition coefficient (Wildman–Crippen LogP) is 11.3. The number of benzene rings is 2. The van der Waals surface area contributed by atoms with Gasteiger partial charge in [0.1, 0.15) is 34.9 Å². The van der Waals surface area contributed by atoms with Crippen molar-refractivity contribution >= 4 is 102 Å². The van der Waals surface area contributed by atoms with Gasteiger partial charge in [-0.15, -0.1) is 0 Å². The molecule has 91 heavy (non-hydrogen) atoms. The molecule has 6 aromatic rings. The third-order valence-corrected chi connectivity index (χ3v) is 16.6. The summed E-state index contributed by atoms with van der Waals surface area (Å²) in [4.78, 5) is 76.7. The number of thiazole rings is 2. The van der Waals surface area contributed by atoms with Gasteiger partial charge in [0.25, 0.3) is 22.2 Å². The van der Waals surface area contributed by atoms with E-state index < -0.39 is 19.5 Å². The Morgan fingerprint density at radius 2 is 1.13 bits per heavy atom. The van der Waals surface area contributed by atoms with E-state index in [4.69, 9.17) is 60.7 Å². The number of carbonyl (C=O) groups is 5. The van der Waals surface area contributed by atoms with E-state index in [2.05, 4.69) is 35.3 Å². The molecule has 0 unspecified atom stereocenters. The Labute approximate surface area is 572 Å². The van der Waals surface area contributed by atoms with E-state index in [9.17, 15) is 28.5 Å². The molecule has 2 N–H and O–H groups in total. The van der Waals surface area contributed by atoms with Crippen LogP contribution in [0.1, 0.15) is 128 Å². The predicted molar refractivity (Wildman–Crippen MR) is 349 cm³/mol. The number of amides is 2. The van der Waals surface area contributed by atoms with Crippen LogP contribution in [0.5, 0.6) is 33.4 Å². The quantitative estimate of drug-likeness (QED) is 0.0145. The SMILES string of the molecule is C1CCOC1.CCOC(=O)/C=C/c1cc(C(=O)N[C@@H](C)/C=C/c2cnc(Oc3ccc(OCC4CC4)cc3Cl)s2)ccn1.CCOC(=O)CP(=O)(OCC)OCC.C[C@@H](/C=C/c1cnc(Oc2ccc(OCC3CC3)cc2Cl)s1)NC(=O)c1ccnc(C=O)c1.[H-].[Na+]. The van der Waals surface area contributed by atoms with Gasteiger partial charge in [-0.3, -0.25) is 33.7 Å². The Morgan fingerprint density at radius 3 is 1.55 bits per heavy atom. The number of nitrogens with one attached hydrogen (secondary N) is 2. The Morgan fingerprint density at radius 1 is 0.659 bits per heavy atom. The fourth-order valence-corrected chi connectivity index (χ4v) is 10.8. The molecule has 2 aromatic carbocycles. The summed E-state index contributed by atoms with van der Waals surface area (Å²) in [7, 11) is -3.28. The fourth-order valence-electron chi connectivity index (χ4n) is 7.51. The fraction of sp³-hybridized carbons (Fsp3) is 0.391. The molecule has 1 saturated heterocycles. The van der Waals surface area contributed by atoms with Crippen molar-refractivity contribution in [2.24, 2.45) is 11.8 Å². The topological polar surface area (TPSA) is 261 Å². The van der Waals surface area contributed by atoms with Crippen LogP contribution in [0.25, 0.3) is 18.2 Å². The maximum atomic E-state index is 12.7. The summed E-state index contributed by atoms with van der Waals surface area (Å²) in [5.74, 6) is 2.23. The monoisotopic (exact) mass is 1360 g/mol. The molecule has 2 saturated carbocycles. The zero-order valence-electron chi connectivity index (χ0n) is 53.0. The van der Waals surface area contributed by atoms with Crippen molar-refractivity contribution in [3.05, 3.63) is 146 Å². The van der Waals surface area contributed by atoms with Crippen molar-refractivity contribution in [1.82, 2.24) is 30.6 Å². The number of esters is 2. The molecule has 0 bridgehead atoms. The van der Waals surface area contributed by atoms with Crippen LogP contribution in [0.3, 0.4) is 0 Å². The second kappa shape index (κ2) is 40.6. The molecule has 3 fully saturated rings. The molecule has 5 heterocycles. The van der Waals surface area contributed by atoms with Gasteiger partial charge in [-0.2, -0.15) is 0 Å². The minimum atomic E-state index is -3.28. The van der Waals surface area contributed by atoms with Gasteiger partial charge in [-0.25, -0.2) is 14.8 Å². The van der Waals surface area contributed by atoms with Crippen molar-refractivity contribution in [2.45, 2.75) is 92.2 Å². The summed E-state index contributed by atoms with van der Waals surface area (Å²) in [6.45, 7) is 15.0. The number of halogens is 2. The van der Waals surface area contributed by atoms with E-state index in [0.29, 0.717) is 73.5 Å². The standard InChI is InChI=1S/C28H28ClN3O5S.C24H22ClN3O4S.C8H17O5P.C4H8O.Na.H/c1-3-35-26(33)11-7-21-14-20(12-13-30-21)27(34)32-18(2)4-9-23-16-31-28(38-23)37-25-10-8-22(15-24(25)29)36-17-19-5-6-19;1-15(28-23(30)17-8-9-26-18(10-17)13-29)2-6-20-12-27-24(33-20)32-22-7-5-19(11-21(22)25)31-14-16-3-4-16;1-4-11-8(9)7-14(10,12-5-2)13-6-3;1-2-4-5-3-1;;/h4,7-16,18-19H,3,5-6,17H2,1-2H3,(H,32,34);2,5-13,15-16H,3-4,14H2,1H3,(H,28,30);4-7H2,1-3H3;1-4H2;;/q;;;;+1;-1/b9-4+,11-7+;6-2+;;;;/t18-;15-;;;;/m00..../s1. The Hall–Kier alpha value is -6.34. The first kappa shape index (κ1) is 75.4. The first-order valence-corrected chi connectivity index (χ1v) is 33.5. The van der Waals surface area contributed by atoms with Crippen LogP contribution in [0, 0.1) is 11.8 Å². The molecule has 4 aromatic heterocycles. The average Bonchev–Trinajstić information content (AvgIpc) is 2.21. The van der Waals surface area contributed by atoms with Crippen molar-refractivity contribution in [2.75, 3.05) is 59.0 Å². The molecule has 1 aliphatic heterocycles. The number of nitrogens with zero attached hydrogens (tertiary/aromatic N) is 4. The summed E-state index contributed by atoms with van der Waals surface area (Å²) in [5, 5.41) is 7.59. The van der Waals surface area contributed by atoms with Gasteiger partial charge in [0.15, 0.2) is 6.29 Å². The molecular weight excluding hydrogens is 1280 g/mol. The van der Waals surface area contributed by atoms with Crippen molar-refractivity contribution in [3.63, 3.8) is 0 Å². The molecule has 27 heteroatoms. The van der Waals surface area contributed by atoms with Gasteiger partial charge >= 0.3 is 49.1 Å². The van der Waals surface area contributed by atoms with Crippen molar-refractivity contribution < 1.29 is 102 Å². The van der Waals surface area contributed by atoms with Crippen LogP contribution in [0.15, 0.2) is 104 Å². The number of aldehydes is 1. The molecule has 0 spiro atoms. The van der Waals surface area contributed by atoms with Gasteiger partial charge in [0.05, 0.1) is 65.1 Å². The van der Waals surface area contributed by atoms with Crippen LogP contribution < -0.4 is 59.1 Å². The zero-order chi connectivity index (χ0) is 64.7. The molecular formula is C64H76Cl2N6NaO15PS2. The van der Waals surface area contributed by atoms with Gasteiger partial charge in [0.2, 0.25) is 0 Å². The number of aromatic nitrogens is 4.